The monoisotopic (exact) mass is 860 g/mol. The summed E-state index contributed by atoms with van der Waals surface area (Å²) in [5.41, 5.74) is 0. The van der Waals surface area contributed by atoms with Gasteiger partial charge in [-0.3, -0.25) is 9.59 Å². The molecule has 0 aliphatic rings. The zero-order valence-corrected chi connectivity index (χ0v) is 41.1. The molecule has 0 amide bonds. The standard InChI is InChI=1S/C54H101NO6/c1-6-9-12-15-24-31-38-47-58-52(56)44-36-29-22-18-20-27-34-42-51(54(57)61-50-41-46-55(4)5)43-35-28-21-19-23-30-37-45-53(59-48-39-32-25-16-13-10-7-2)60-49-40-33-26-17-14-11-8-3/h31-33,38-40,51,53H,6-30,34-37,41-50H2,1-5H3. The first-order chi connectivity index (χ1) is 29.9. The second-order valence-electron chi connectivity index (χ2n) is 17.8. The maximum atomic E-state index is 13.1. The molecule has 0 bridgehead atoms. The number of unbranched alkanes of at least 4 members (excludes halogenated alkanes) is 24. The molecule has 0 aromatic heterocycles. The SMILES string of the molecule is CCCCCCC=CCOC(=O)CCCCCCCCCC(CCCCCCCCCC(OCC=CCCCCCC)OCC=CCCCCCC)C(=O)OCCCN(C)C. The topological polar surface area (TPSA) is 74.3 Å². The minimum Gasteiger partial charge on any atom is -0.465 e. The van der Waals surface area contributed by atoms with Gasteiger partial charge in [0.25, 0.3) is 0 Å². The molecule has 358 valence electrons. The number of hydrogen-bond acceptors (Lipinski definition) is 7. The quantitative estimate of drug-likeness (QED) is 0.0261. The van der Waals surface area contributed by atoms with Crippen molar-refractivity contribution in [3.63, 3.8) is 0 Å². The fourth-order valence-electron chi connectivity index (χ4n) is 7.56. The average Bonchev–Trinajstić information content (AvgIpc) is 3.25. The Morgan fingerprint density at radius 2 is 0.852 bits per heavy atom. The molecule has 0 heterocycles. The van der Waals surface area contributed by atoms with E-state index >= 15 is 0 Å². The van der Waals surface area contributed by atoms with Gasteiger partial charge in [0.05, 0.1) is 25.7 Å². The van der Waals surface area contributed by atoms with E-state index in [4.69, 9.17) is 18.9 Å². The molecular weight excluding hydrogens is 759 g/mol. The third-order valence-electron chi connectivity index (χ3n) is 11.5. The van der Waals surface area contributed by atoms with Crippen LogP contribution in [0.15, 0.2) is 36.5 Å². The Morgan fingerprint density at radius 1 is 0.443 bits per heavy atom. The number of allylic oxidation sites excluding steroid dienone is 3. The molecule has 0 radical (unpaired) electrons. The number of nitrogens with zero attached hydrogens (tertiary/aromatic N) is 1. The van der Waals surface area contributed by atoms with E-state index in [-0.39, 0.29) is 24.1 Å². The van der Waals surface area contributed by atoms with E-state index in [0.717, 1.165) is 96.4 Å². The van der Waals surface area contributed by atoms with Gasteiger partial charge in [-0.25, -0.2) is 0 Å². The van der Waals surface area contributed by atoms with Gasteiger partial charge < -0.3 is 23.8 Å². The molecule has 0 spiro atoms. The Labute approximate surface area is 379 Å². The number of carbonyl (C=O) groups excluding carboxylic acids is 2. The highest BCUT2D eigenvalue weighted by Crippen LogP contribution is 2.22. The Balaban J connectivity index is 4.39. The second-order valence-corrected chi connectivity index (χ2v) is 17.8. The third kappa shape index (κ3) is 45.9. The van der Waals surface area contributed by atoms with Crippen molar-refractivity contribution in [2.75, 3.05) is 47.1 Å². The van der Waals surface area contributed by atoms with Crippen molar-refractivity contribution < 1.29 is 28.5 Å². The Kier molecular flexibility index (Phi) is 47.5. The van der Waals surface area contributed by atoms with Crippen molar-refractivity contribution >= 4 is 11.9 Å². The predicted molar refractivity (Wildman–Crippen MR) is 261 cm³/mol. The summed E-state index contributed by atoms with van der Waals surface area (Å²) in [7, 11) is 4.11. The van der Waals surface area contributed by atoms with Crippen molar-refractivity contribution in [1.29, 1.82) is 0 Å². The Hall–Kier alpha value is -1.96. The van der Waals surface area contributed by atoms with E-state index in [2.05, 4.69) is 70.1 Å². The number of carbonyl (C=O) groups is 2. The zero-order valence-electron chi connectivity index (χ0n) is 41.1. The van der Waals surface area contributed by atoms with E-state index in [0.29, 0.717) is 32.8 Å². The van der Waals surface area contributed by atoms with Gasteiger partial charge in [-0.15, -0.1) is 0 Å². The Morgan fingerprint density at radius 3 is 1.31 bits per heavy atom. The lowest BCUT2D eigenvalue weighted by Crippen LogP contribution is -2.21. The molecule has 1 unspecified atom stereocenters. The number of hydrogen-bond donors (Lipinski definition) is 0. The highest BCUT2D eigenvalue weighted by atomic mass is 16.7. The summed E-state index contributed by atoms with van der Waals surface area (Å²) in [5, 5.41) is 0. The van der Waals surface area contributed by atoms with Crippen LogP contribution >= 0.6 is 0 Å². The minimum atomic E-state index is -0.140. The summed E-state index contributed by atoms with van der Waals surface area (Å²) >= 11 is 0. The van der Waals surface area contributed by atoms with Crippen molar-refractivity contribution in [1.82, 2.24) is 4.90 Å². The third-order valence-corrected chi connectivity index (χ3v) is 11.5. The van der Waals surface area contributed by atoms with Crippen LogP contribution in [0.1, 0.15) is 239 Å². The van der Waals surface area contributed by atoms with Crippen LogP contribution in [0.5, 0.6) is 0 Å². The summed E-state index contributed by atoms with van der Waals surface area (Å²) in [6.07, 6.45) is 51.9. The van der Waals surface area contributed by atoms with Gasteiger partial charge in [0.1, 0.15) is 6.61 Å². The van der Waals surface area contributed by atoms with E-state index in [9.17, 15) is 9.59 Å². The van der Waals surface area contributed by atoms with Crippen LogP contribution < -0.4 is 0 Å². The van der Waals surface area contributed by atoms with E-state index in [1.54, 1.807) is 0 Å². The largest absolute Gasteiger partial charge is 0.465 e. The van der Waals surface area contributed by atoms with Crippen LogP contribution in [-0.2, 0) is 28.5 Å². The van der Waals surface area contributed by atoms with Crippen molar-refractivity contribution in [3.8, 4) is 0 Å². The van der Waals surface area contributed by atoms with Crippen LogP contribution in [0.25, 0.3) is 0 Å². The van der Waals surface area contributed by atoms with Gasteiger partial charge in [0.2, 0.25) is 0 Å². The number of ether oxygens (including phenoxy) is 4. The first kappa shape index (κ1) is 59.0. The van der Waals surface area contributed by atoms with E-state index in [1.807, 2.05) is 6.08 Å². The van der Waals surface area contributed by atoms with Gasteiger partial charge in [0, 0.05) is 13.0 Å². The molecule has 0 aliphatic carbocycles. The smallest absolute Gasteiger partial charge is 0.308 e. The van der Waals surface area contributed by atoms with Gasteiger partial charge in [-0.05, 0) is 91.1 Å². The molecule has 0 aliphatic heterocycles. The van der Waals surface area contributed by atoms with Crippen molar-refractivity contribution in [2.24, 2.45) is 5.92 Å². The molecule has 7 nitrogen and oxygen atoms in total. The summed E-state index contributed by atoms with van der Waals surface area (Å²) in [5.74, 6) is -0.0490. The van der Waals surface area contributed by atoms with E-state index < -0.39 is 0 Å². The number of rotatable bonds is 48. The van der Waals surface area contributed by atoms with Crippen LogP contribution in [0.4, 0.5) is 0 Å². The highest BCUT2D eigenvalue weighted by molar-refractivity contribution is 5.72. The van der Waals surface area contributed by atoms with Crippen LogP contribution in [0.3, 0.4) is 0 Å². The molecule has 0 aromatic rings. The second kappa shape index (κ2) is 49.1. The predicted octanol–water partition coefficient (Wildman–Crippen LogP) is 15.6. The molecule has 0 fully saturated rings. The summed E-state index contributed by atoms with van der Waals surface area (Å²) in [6, 6.07) is 0. The van der Waals surface area contributed by atoms with Crippen LogP contribution in [0, 0.1) is 5.92 Å². The fraction of sp³-hybridized carbons (Fsp3) is 0.852. The minimum absolute atomic E-state index is 0.0111. The molecule has 0 N–H and O–H groups in total. The van der Waals surface area contributed by atoms with Crippen LogP contribution in [-0.4, -0.2) is 70.2 Å². The first-order valence-corrected chi connectivity index (χ1v) is 26.1. The molecule has 0 saturated carbocycles. The lowest BCUT2D eigenvalue weighted by molar-refractivity contribution is -0.149. The summed E-state index contributed by atoms with van der Waals surface area (Å²) < 4.78 is 23.5. The fourth-order valence-corrected chi connectivity index (χ4v) is 7.56. The first-order valence-electron chi connectivity index (χ1n) is 26.1. The Bertz CT molecular complexity index is 983. The maximum absolute atomic E-state index is 13.1. The molecule has 61 heavy (non-hydrogen) atoms. The normalized spacial score (nSPS) is 13.0. The van der Waals surface area contributed by atoms with Gasteiger partial charge in [-0.2, -0.15) is 0 Å². The summed E-state index contributed by atoms with van der Waals surface area (Å²) in [4.78, 5) is 27.3. The molecular formula is C54H101NO6. The van der Waals surface area contributed by atoms with Crippen molar-refractivity contribution in [2.45, 2.75) is 245 Å². The maximum Gasteiger partial charge on any atom is 0.308 e. The van der Waals surface area contributed by atoms with Gasteiger partial charge >= 0.3 is 11.9 Å². The molecule has 0 rings (SSSR count). The number of esters is 2. The lowest BCUT2D eigenvalue weighted by Gasteiger charge is -2.17. The van der Waals surface area contributed by atoms with Gasteiger partial charge in [-0.1, -0.05) is 192 Å². The van der Waals surface area contributed by atoms with Crippen LogP contribution in [0.2, 0.25) is 0 Å². The molecule has 1 atom stereocenters. The molecule has 7 heteroatoms. The summed E-state index contributed by atoms with van der Waals surface area (Å²) in [6.45, 7) is 9.85. The van der Waals surface area contributed by atoms with Gasteiger partial charge in [0.15, 0.2) is 6.29 Å². The molecule has 0 aromatic carbocycles. The highest BCUT2D eigenvalue weighted by Gasteiger charge is 2.19. The zero-order chi connectivity index (χ0) is 44.5. The lowest BCUT2D eigenvalue weighted by atomic mass is 9.94. The van der Waals surface area contributed by atoms with Crippen molar-refractivity contribution in [3.05, 3.63) is 36.5 Å². The van der Waals surface area contributed by atoms with E-state index in [1.165, 1.54) is 122 Å². The average molecular weight is 860 g/mol. The molecule has 0 saturated heterocycles.